The molecule has 0 aliphatic heterocycles. The fourth-order valence-electron chi connectivity index (χ4n) is 1.38. The van der Waals surface area contributed by atoms with E-state index in [1.807, 2.05) is 0 Å². The average molecular weight is 215 g/mol. The SMILES string of the molecule is COc1c(Cl)cc(C)c(C(C)=O)c1O. The van der Waals surface area contributed by atoms with Crippen molar-refractivity contribution in [2.45, 2.75) is 13.8 Å². The van der Waals surface area contributed by atoms with E-state index < -0.39 is 0 Å². The van der Waals surface area contributed by atoms with Crippen LogP contribution in [0.3, 0.4) is 0 Å². The third-order valence-electron chi connectivity index (χ3n) is 1.96. The van der Waals surface area contributed by atoms with E-state index in [1.54, 1.807) is 13.0 Å². The Morgan fingerprint density at radius 1 is 1.57 bits per heavy atom. The average Bonchev–Trinajstić information content (AvgIpc) is 2.02. The van der Waals surface area contributed by atoms with E-state index in [9.17, 15) is 9.90 Å². The molecule has 76 valence electrons. The van der Waals surface area contributed by atoms with Gasteiger partial charge in [0.2, 0.25) is 0 Å². The molecule has 4 heteroatoms. The van der Waals surface area contributed by atoms with Crippen LogP contribution in [0, 0.1) is 6.92 Å². The number of aryl methyl sites for hydroxylation is 1. The van der Waals surface area contributed by atoms with Gasteiger partial charge in [0.15, 0.2) is 17.3 Å². The van der Waals surface area contributed by atoms with Crippen molar-refractivity contribution in [1.29, 1.82) is 0 Å². The molecule has 0 spiro atoms. The second-order valence-corrected chi connectivity index (χ2v) is 3.40. The molecule has 0 aromatic heterocycles. The van der Waals surface area contributed by atoms with E-state index in [4.69, 9.17) is 16.3 Å². The molecule has 3 nitrogen and oxygen atoms in total. The Hall–Kier alpha value is -1.22. The molecule has 1 aromatic carbocycles. The molecule has 0 amide bonds. The highest BCUT2D eigenvalue weighted by atomic mass is 35.5. The maximum absolute atomic E-state index is 11.2. The van der Waals surface area contributed by atoms with E-state index in [0.717, 1.165) is 0 Å². The number of carbonyl (C=O) groups excluding carboxylic acids is 1. The maximum atomic E-state index is 11.2. The van der Waals surface area contributed by atoms with Crippen LogP contribution in [-0.4, -0.2) is 18.0 Å². The molecule has 0 aliphatic carbocycles. The minimum Gasteiger partial charge on any atom is -0.504 e. The number of rotatable bonds is 2. The van der Waals surface area contributed by atoms with Gasteiger partial charge >= 0.3 is 0 Å². The lowest BCUT2D eigenvalue weighted by atomic mass is 10.0. The number of ether oxygens (including phenoxy) is 1. The van der Waals surface area contributed by atoms with E-state index in [2.05, 4.69) is 0 Å². The zero-order valence-corrected chi connectivity index (χ0v) is 8.97. The molecule has 0 fully saturated rings. The number of benzene rings is 1. The Kier molecular flexibility index (Phi) is 3.01. The van der Waals surface area contributed by atoms with Crippen LogP contribution in [-0.2, 0) is 0 Å². The maximum Gasteiger partial charge on any atom is 0.179 e. The minimum atomic E-state index is -0.213. The predicted molar refractivity (Wildman–Crippen MR) is 54.4 cm³/mol. The summed E-state index contributed by atoms with van der Waals surface area (Å²) in [4.78, 5) is 11.2. The number of aromatic hydroxyl groups is 1. The van der Waals surface area contributed by atoms with Gasteiger partial charge in [-0.05, 0) is 25.5 Å². The number of methoxy groups -OCH3 is 1. The highest BCUT2D eigenvalue weighted by Gasteiger charge is 2.17. The molecule has 0 heterocycles. The van der Waals surface area contributed by atoms with Crippen molar-refractivity contribution >= 4 is 17.4 Å². The van der Waals surface area contributed by atoms with E-state index in [0.29, 0.717) is 10.6 Å². The van der Waals surface area contributed by atoms with Crippen LogP contribution >= 0.6 is 11.6 Å². The van der Waals surface area contributed by atoms with Crippen molar-refractivity contribution in [1.82, 2.24) is 0 Å². The number of hydrogen-bond acceptors (Lipinski definition) is 3. The van der Waals surface area contributed by atoms with Crippen molar-refractivity contribution in [2.24, 2.45) is 0 Å². The summed E-state index contributed by atoms with van der Waals surface area (Å²) in [6.07, 6.45) is 0. The highest BCUT2D eigenvalue weighted by Crippen LogP contribution is 2.38. The Morgan fingerprint density at radius 2 is 2.14 bits per heavy atom. The number of halogens is 1. The Labute approximate surface area is 87.3 Å². The topological polar surface area (TPSA) is 46.5 Å². The summed E-state index contributed by atoms with van der Waals surface area (Å²) in [7, 11) is 1.39. The number of Topliss-reactive ketones (excluding diaryl/α,β-unsaturated/α-hetero) is 1. The molecule has 1 aromatic rings. The van der Waals surface area contributed by atoms with Crippen LogP contribution in [0.5, 0.6) is 11.5 Å². The lowest BCUT2D eigenvalue weighted by molar-refractivity contribution is 0.101. The first-order valence-electron chi connectivity index (χ1n) is 4.06. The van der Waals surface area contributed by atoms with Gasteiger partial charge in [0.25, 0.3) is 0 Å². The van der Waals surface area contributed by atoms with Crippen molar-refractivity contribution in [3.8, 4) is 11.5 Å². The van der Waals surface area contributed by atoms with Gasteiger partial charge in [-0.3, -0.25) is 4.79 Å². The summed E-state index contributed by atoms with van der Waals surface area (Å²) >= 11 is 5.82. The first-order valence-corrected chi connectivity index (χ1v) is 4.43. The third-order valence-corrected chi connectivity index (χ3v) is 2.24. The normalized spacial score (nSPS) is 10.0. The molecule has 0 radical (unpaired) electrons. The van der Waals surface area contributed by atoms with E-state index >= 15 is 0 Å². The van der Waals surface area contributed by atoms with Crippen LogP contribution in [0.2, 0.25) is 5.02 Å². The molecule has 14 heavy (non-hydrogen) atoms. The number of phenolic OH excluding ortho intramolecular Hbond substituents is 1. The first kappa shape index (κ1) is 10.9. The number of hydrogen-bond donors (Lipinski definition) is 1. The lowest BCUT2D eigenvalue weighted by Crippen LogP contribution is -1.99. The molecule has 0 atom stereocenters. The van der Waals surface area contributed by atoms with Crippen molar-refractivity contribution in [2.75, 3.05) is 7.11 Å². The molecule has 0 saturated carbocycles. The smallest absolute Gasteiger partial charge is 0.179 e. The second kappa shape index (κ2) is 3.88. The van der Waals surface area contributed by atoms with Gasteiger partial charge in [-0.2, -0.15) is 0 Å². The molecule has 1 N–H and O–H groups in total. The quantitative estimate of drug-likeness (QED) is 0.770. The van der Waals surface area contributed by atoms with Crippen LogP contribution in [0.25, 0.3) is 0 Å². The zero-order valence-electron chi connectivity index (χ0n) is 8.22. The second-order valence-electron chi connectivity index (χ2n) is 2.99. The molecule has 0 aliphatic rings. The van der Waals surface area contributed by atoms with Gasteiger partial charge in [-0.1, -0.05) is 11.6 Å². The number of carbonyl (C=O) groups is 1. The summed E-state index contributed by atoms with van der Waals surface area (Å²) in [6, 6.07) is 1.59. The standard InChI is InChI=1S/C10H11ClO3/c1-5-4-7(11)10(14-3)9(13)8(5)6(2)12/h4,13H,1-3H3. The van der Waals surface area contributed by atoms with Gasteiger partial charge in [0.05, 0.1) is 17.7 Å². The van der Waals surface area contributed by atoms with E-state index in [1.165, 1.54) is 14.0 Å². The lowest BCUT2D eigenvalue weighted by Gasteiger charge is -2.11. The Balaban J connectivity index is 3.52. The van der Waals surface area contributed by atoms with Crippen LogP contribution in [0.1, 0.15) is 22.8 Å². The fourth-order valence-corrected chi connectivity index (χ4v) is 1.71. The largest absolute Gasteiger partial charge is 0.504 e. The van der Waals surface area contributed by atoms with Gasteiger partial charge in [0.1, 0.15) is 0 Å². The van der Waals surface area contributed by atoms with Crippen LogP contribution < -0.4 is 4.74 Å². The molecular formula is C10H11ClO3. The minimum absolute atomic E-state index is 0.141. The van der Waals surface area contributed by atoms with Crippen molar-refractivity contribution in [3.05, 3.63) is 22.2 Å². The molecule has 1 rings (SSSR count). The summed E-state index contributed by atoms with van der Waals surface area (Å²) in [5.74, 6) is -0.262. The van der Waals surface area contributed by atoms with Gasteiger partial charge in [-0.15, -0.1) is 0 Å². The molecule has 0 saturated heterocycles. The van der Waals surface area contributed by atoms with E-state index in [-0.39, 0.29) is 22.8 Å². The highest BCUT2D eigenvalue weighted by molar-refractivity contribution is 6.32. The summed E-state index contributed by atoms with van der Waals surface area (Å²) < 4.78 is 4.89. The summed E-state index contributed by atoms with van der Waals surface area (Å²) in [5.41, 5.74) is 0.895. The first-order chi connectivity index (χ1) is 6.49. The number of phenols is 1. The summed E-state index contributed by atoms with van der Waals surface area (Å²) in [6.45, 7) is 3.09. The molecule has 0 unspecified atom stereocenters. The Morgan fingerprint density at radius 3 is 2.57 bits per heavy atom. The van der Waals surface area contributed by atoms with Gasteiger partial charge in [-0.25, -0.2) is 0 Å². The van der Waals surface area contributed by atoms with Crippen LogP contribution in [0.4, 0.5) is 0 Å². The van der Waals surface area contributed by atoms with Crippen molar-refractivity contribution < 1.29 is 14.6 Å². The predicted octanol–water partition coefficient (Wildman–Crippen LogP) is 2.57. The number of ketones is 1. The summed E-state index contributed by atoms with van der Waals surface area (Å²) in [5, 5.41) is 9.99. The third kappa shape index (κ3) is 1.68. The van der Waals surface area contributed by atoms with Gasteiger partial charge < -0.3 is 9.84 Å². The zero-order chi connectivity index (χ0) is 10.9. The van der Waals surface area contributed by atoms with Crippen LogP contribution in [0.15, 0.2) is 6.07 Å². The fraction of sp³-hybridized carbons (Fsp3) is 0.300. The molecule has 0 bridgehead atoms. The monoisotopic (exact) mass is 214 g/mol. The van der Waals surface area contributed by atoms with Gasteiger partial charge in [0, 0.05) is 0 Å². The van der Waals surface area contributed by atoms with Crippen molar-refractivity contribution in [3.63, 3.8) is 0 Å². The Bertz CT molecular complexity index is 385. The molecular weight excluding hydrogens is 204 g/mol.